The lowest BCUT2D eigenvalue weighted by atomic mass is 10.1. The lowest BCUT2D eigenvalue weighted by molar-refractivity contribution is 0.1000. The number of aromatic nitrogens is 1. The Kier molecular flexibility index (Phi) is 4.92. The number of carbonyl (C=O) groups excluding carboxylic acids is 1. The van der Waals surface area contributed by atoms with Crippen molar-refractivity contribution in [2.24, 2.45) is 5.73 Å². The van der Waals surface area contributed by atoms with E-state index in [4.69, 9.17) is 5.73 Å². The molecule has 1 aromatic rings. The molecular formula is C14H22N4O2. The number of aryl methyl sites for hydroxylation is 1. The van der Waals surface area contributed by atoms with E-state index in [0.29, 0.717) is 24.0 Å². The fourth-order valence-electron chi connectivity index (χ4n) is 2.56. The van der Waals surface area contributed by atoms with Crippen LogP contribution in [0.5, 0.6) is 0 Å². The van der Waals surface area contributed by atoms with Crippen LogP contribution < -0.4 is 16.0 Å². The quantitative estimate of drug-likeness (QED) is 0.683. The van der Waals surface area contributed by atoms with Crippen molar-refractivity contribution in [3.63, 3.8) is 0 Å². The maximum Gasteiger partial charge on any atom is 0.252 e. The second-order valence-electron chi connectivity index (χ2n) is 5.15. The average molecular weight is 278 g/mol. The van der Waals surface area contributed by atoms with Gasteiger partial charge in [-0.05, 0) is 38.4 Å². The standard InChI is InChI=1S/C14H22N4O2/c1-10-4-5-12(13(15)20)14(17-10)18(7-8-19)9-11-3-2-6-16-11/h4-5,11,16,19H,2-3,6-9H2,1H3,(H2,15,20). The zero-order valence-corrected chi connectivity index (χ0v) is 11.8. The summed E-state index contributed by atoms with van der Waals surface area (Å²) in [5.41, 5.74) is 6.65. The lowest BCUT2D eigenvalue weighted by Crippen LogP contribution is -2.40. The number of carbonyl (C=O) groups is 1. The van der Waals surface area contributed by atoms with E-state index in [1.807, 2.05) is 11.8 Å². The summed E-state index contributed by atoms with van der Waals surface area (Å²) in [5, 5.41) is 12.7. The van der Waals surface area contributed by atoms with Gasteiger partial charge in [0.15, 0.2) is 0 Å². The summed E-state index contributed by atoms with van der Waals surface area (Å²) in [4.78, 5) is 17.9. The molecule has 0 saturated carbocycles. The van der Waals surface area contributed by atoms with Crippen LogP contribution in [0.15, 0.2) is 12.1 Å². The van der Waals surface area contributed by atoms with Crippen LogP contribution in [0.2, 0.25) is 0 Å². The molecule has 0 spiro atoms. The summed E-state index contributed by atoms with van der Waals surface area (Å²) in [5.74, 6) is 0.0788. The number of amides is 1. The molecule has 1 amide bonds. The number of pyridine rings is 1. The van der Waals surface area contributed by atoms with Crippen molar-refractivity contribution < 1.29 is 9.90 Å². The molecule has 2 heterocycles. The summed E-state index contributed by atoms with van der Waals surface area (Å²) in [7, 11) is 0. The van der Waals surface area contributed by atoms with Gasteiger partial charge in [0.2, 0.25) is 0 Å². The number of hydrogen-bond acceptors (Lipinski definition) is 5. The maximum atomic E-state index is 11.6. The summed E-state index contributed by atoms with van der Waals surface area (Å²) < 4.78 is 0. The molecule has 0 bridgehead atoms. The molecule has 1 atom stereocenters. The smallest absolute Gasteiger partial charge is 0.252 e. The van der Waals surface area contributed by atoms with Crippen molar-refractivity contribution in [2.45, 2.75) is 25.8 Å². The number of aliphatic hydroxyl groups excluding tert-OH is 1. The van der Waals surface area contributed by atoms with Gasteiger partial charge in [-0.3, -0.25) is 4.79 Å². The molecule has 20 heavy (non-hydrogen) atoms. The number of aliphatic hydroxyl groups is 1. The third-order valence-corrected chi connectivity index (χ3v) is 3.55. The van der Waals surface area contributed by atoms with Gasteiger partial charge in [0, 0.05) is 24.8 Å². The largest absolute Gasteiger partial charge is 0.395 e. The highest BCUT2D eigenvalue weighted by atomic mass is 16.3. The molecule has 0 aromatic carbocycles. The molecule has 1 aliphatic rings. The number of hydrogen-bond donors (Lipinski definition) is 3. The SMILES string of the molecule is Cc1ccc(C(N)=O)c(N(CCO)CC2CCCN2)n1. The molecule has 1 aliphatic heterocycles. The van der Waals surface area contributed by atoms with Crippen LogP contribution in [0.1, 0.15) is 28.9 Å². The van der Waals surface area contributed by atoms with Crippen LogP contribution in [-0.4, -0.2) is 48.3 Å². The van der Waals surface area contributed by atoms with Crippen LogP contribution in [-0.2, 0) is 0 Å². The molecule has 6 heteroatoms. The normalized spacial score (nSPS) is 18.2. The van der Waals surface area contributed by atoms with Crippen LogP contribution in [0.3, 0.4) is 0 Å². The van der Waals surface area contributed by atoms with Gasteiger partial charge in [0.05, 0.1) is 12.2 Å². The molecule has 0 aliphatic carbocycles. The summed E-state index contributed by atoms with van der Waals surface area (Å²) in [6.45, 7) is 4.06. The first-order chi connectivity index (χ1) is 9.61. The number of primary amides is 1. The van der Waals surface area contributed by atoms with Crippen LogP contribution in [0, 0.1) is 6.92 Å². The zero-order chi connectivity index (χ0) is 14.5. The second kappa shape index (κ2) is 6.67. The van der Waals surface area contributed by atoms with Gasteiger partial charge in [0.25, 0.3) is 5.91 Å². The minimum Gasteiger partial charge on any atom is -0.395 e. The van der Waals surface area contributed by atoms with Crippen molar-refractivity contribution in [1.82, 2.24) is 10.3 Å². The van der Waals surface area contributed by atoms with Crippen molar-refractivity contribution >= 4 is 11.7 Å². The maximum absolute atomic E-state index is 11.6. The Morgan fingerprint density at radius 1 is 1.60 bits per heavy atom. The summed E-state index contributed by atoms with van der Waals surface area (Å²) in [6.07, 6.45) is 2.25. The Bertz CT molecular complexity index is 472. The topological polar surface area (TPSA) is 91.5 Å². The predicted molar refractivity (Wildman–Crippen MR) is 77.8 cm³/mol. The Morgan fingerprint density at radius 3 is 3.00 bits per heavy atom. The molecule has 2 rings (SSSR count). The first-order valence-corrected chi connectivity index (χ1v) is 6.98. The van der Waals surface area contributed by atoms with Gasteiger partial charge < -0.3 is 21.1 Å². The summed E-state index contributed by atoms with van der Waals surface area (Å²) in [6, 6.07) is 3.84. The minimum atomic E-state index is -0.491. The van der Waals surface area contributed by atoms with E-state index in [2.05, 4.69) is 10.3 Å². The molecular weight excluding hydrogens is 256 g/mol. The molecule has 1 fully saturated rings. The van der Waals surface area contributed by atoms with Crippen molar-refractivity contribution in [3.05, 3.63) is 23.4 Å². The first kappa shape index (κ1) is 14.7. The molecule has 6 nitrogen and oxygen atoms in total. The van der Waals surface area contributed by atoms with E-state index in [-0.39, 0.29) is 6.61 Å². The van der Waals surface area contributed by atoms with E-state index in [0.717, 1.165) is 31.6 Å². The van der Waals surface area contributed by atoms with Crippen molar-refractivity contribution in [2.75, 3.05) is 31.1 Å². The fourth-order valence-corrected chi connectivity index (χ4v) is 2.56. The monoisotopic (exact) mass is 278 g/mol. The molecule has 0 radical (unpaired) electrons. The van der Waals surface area contributed by atoms with Crippen LogP contribution in [0.4, 0.5) is 5.82 Å². The van der Waals surface area contributed by atoms with Gasteiger partial charge in [-0.25, -0.2) is 4.98 Å². The van der Waals surface area contributed by atoms with Gasteiger partial charge in [-0.1, -0.05) is 0 Å². The van der Waals surface area contributed by atoms with E-state index in [1.54, 1.807) is 12.1 Å². The van der Waals surface area contributed by atoms with E-state index < -0.39 is 5.91 Å². The van der Waals surface area contributed by atoms with Gasteiger partial charge in [-0.15, -0.1) is 0 Å². The first-order valence-electron chi connectivity index (χ1n) is 6.98. The molecule has 110 valence electrons. The van der Waals surface area contributed by atoms with E-state index in [1.165, 1.54) is 0 Å². The number of nitrogens with one attached hydrogen (secondary N) is 1. The van der Waals surface area contributed by atoms with Crippen molar-refractivity contribution in [1.29, 1.82) is 0 Å². The fraction of sp³-hybridized carbons (Fsp3) is 0.571. The van der Waals surface area contributed by atoms with Gasteiger partial charge in [0.1, 0.15) is 5.82 Å². The highest BCUT2D eigenvalue weighted by Crippen LogP contribution is 2.20. The van der Waals surface area contributed by atoms with E-state index >= 15 is 0 Å². The third-order valence-electron chi connectivity index (χ3n) is 3.55. The van der Waals surface area contributed by atoms with Crippen LogP contribution >= 0.6 is 0 Å². The van der Waals surface area contributed by atoms with Crippen LogP contribution in [0.25, 0.3) is 0 Å². The average Bonchev–Trinajstić information content (AvgIpc) is 2.90. The number of nitrogens with two attached hydrogens (primary N) is 1. The Labute approximate surface area is 119 Å². The van der Waals surface area contributed by atoms with Crippen molar-refractivity contribution in [3.8, 4) is 0 Å². The number of anilines is 1. The minimum absolute atomic E-state index is 0.0144. The Hall–Kier alpha value is -1.66. The predicted octanol–water partition coefficient (Wildman–Crippen LogP) is 0.0396. The van der Waals surface area contributed by atoms with Gasteiger partial charge in [-0.2, -0.15) is 0 Å². The van der Waals surface area contributed by atoms with E-state index in [9.17, 15) is 9.90 Å². The highest BCUT2D eigenvalue weighted by Gasteiger charge is 2.22. The molecule has 1 unspecified atom stereocenters. The lowest BCUT2D eigenvalue weighted by Gasteiger charge is -2.27. The Balaban J connectivity index is 2.26. The summed E-state index contributed by atoms with van der Waals surface area (Å²) >= 11 is 0. The number of rotatable bonds is 6. The number of nitrogens with zero attached hydrogens (tertiary/aromatic N) is 2. The van der Waals surface area contributed by atoms with Gasteiger partial charge >= 0.3 is 0 Å². The highest BCUT2D eigenvalue weighted by molar-refractivity contribution is 5.97. The molecule has 1 saturated heterocycles. The third kappa shape index (κ3) is 3.46. The zero-order valence-electron chi connectivity index (χ0n) is 11.8. The molecule has 1 aromatic heterocycles. The Morgan fingerprint density at radius 2 is 2.40 bits per heavy atom. The molecule has 4 N–H and O–H groups in total. The second-order valence-corrected chi connectivity index (χ2v) is 5.15.